The van der Waals surface area contributed by atoms with Gasteiger partial charge >= 0.3 is 0 Å². The number of hydrogen-bond donors (Lipinski definition) is 1. The first-order chi connectivity index (χ1) is 6.05. The third-order valence-corrected chi connectivity index (χ3v) is 3.08. The molecule has 2 N–H and O–H groups in total. The van der Waals surface area contributed by atoms with Gasteiger partial charge in [0.2, 0.25) is 0 Å². The summed E-state index contributed by atoms with van der Waals surface area (Å²) < 4.78 is 11.6. The lowest BCUT2D eigenvalue weighted by molar-refractivity contribution is -0.0433. The average molecular weight is 185 g/mol. The summed E-state index contributed by atoms with van der Waals surface area (Å²) in [6.07, 6.45) is 3.47. The lowest BCUT2D eigenvalue weighted by Crippen LogP contribution is -2.32. The van der Waals surface area contributed by atoms with Gasteiger partial charge in [0.1, 0.15) is 0 Å². The van der Waals surface area contributed by atoms with Crippen molar-refractivity contribution in [3.8, 4) is 0 Å². The van der Waals surface area contributed by atoms with Crippen LogP contribution < -0.4 is 5.73 Å². The van der Waals surface area contributed by atoms with Crippen molar-refractivity contribution in [1.29, 1.82) is 0 Å². The third kappa shape index (κ3) is 1.73. The number of rotatable bonds is 1. The van der Waals surface area contributed by atoms with E-state index in [9.17, 15) is 0 Å². The van der Waals surface area contributed by atoms with Gasteiger partial charge in [0, 0.05) is 13.0 Å². The van der Waals surface area contributed by atoms with Gasteiger partial charge in [0.25, 0.3) is 0 Å². The maximum Gasteiger partial charge on any atom is 0.0947 e. The van der Waals surface area contributed by atoms with Crippen LogP contribution in [0.15, 0.2) is 0 Å². The van der Waals surface area contributed by atoms with Gasteiger partial charge in [-0.25, -0.2) is 0 Å². The molecule has 76 valence electrons. The van der Waals surface area contributed by atoms with E-state index in [4.69, 9.17) is 15.2 Å². The van der Waals surface area contributed by atoms with Gasteiger partial charge in [-0.1, -0.05) is 0 Å². The Kier molecular flexibility index (Phi) is 2.13. The van der Waals surface area contributed by atoms with Crippen LogP contribution in [0.2, 0.25) is 0 Å². The summed E-state index contributed by atoms with van der Waals surface area (Å²) in [5, 5.41) is 0. The summed E-state index contributed by atoms with van der Waals surface area (Å²) in [6, 6.07) is 0. The second kappa shape index (κ2) is 2.94. The number of hydrogen-bond acceptors (Lipinski definition) is 3. The van der Waals surface area contributed by atoms with Crippen molar-refractivity contribution >= 4 is 0 Å². The molecule has 0 unspecified atom stereocenters. The zero-order valence-electron chi connectivity index (χ0n) is 8.51. The molecule has 2 aliphatic heterocycles. The fourth-order valence-electron chi connectivity index (χ4n) is 2.50. The molecule has 2 heterocycles. The largest absolute Gasteiger partial charge is 0.372 e. The Bertz CT molecular complexity index is 205. The number of ether oxygens (including phenoxy) is 2. The van der Waals surface area contributed by atoms with Crippen LogP contribution in [0.5, 0.6) is 0 Å². The van der Waals surface area contributed by atoms with Crippen LogP contribution >= 0.6 is 0 Å². The smallest absolute Gasteiger partial charge is 0.0947 e. The highest BCUT2D eigenvalue weighted by molar-refractivity contribution is 4.98. The summed E-state index contributed by atoms with van der Waals surface area (Å²) in [4.78, 5) is 0. The summed E-state index contributed by atoms with van der Waals surface area (Å²) in [5.41, 5.74) is 5.57. The minimum atomic E-state index is -0.0104. The molecule has 0 amide bonds. The molecule has 3 nitrogen and oxygen atoms in total. The molecule has 2 rings (SSSR count). The van der Waals surface area contributed by atoms with Crippen molar-refractivity contribution in [2.24, 2.45) is 5.73 Å². The van der Waals surface area contributed by atoms with E-state index in [1.54, 1.807) is 0 Å². The molecule has 0 aromatic carbocycles. The first-order valence-electron chi connectivity index (χ1n) is 5.07. The Labute approximate surface area is 79.6 Å². The van der Waals surface area contributed by atoms with Gasteiger partial charge in [-0.2, -0.15) is 0 Å². The van der Waals surface area contributed by atoms with Gasteiger partial charge in [-0.3, -0.25) is 0 Å². The minimum Gasteiger partial charge on any atom is -0.372 e. The second-order valence-electron chi connectivity index (χ2n) is 4.92. The molecule has 1 spiro atoms. The highest BCUT2D eigenvalue weighted by Crippen LogP contribution is 2.43. The summed E-state index contributed by atoms with van der Waals surface area (Å²) in [7, 11) is 0. The zero-order chi connectivity index (χ0) is 9.53. The molecule has 0 saturated carbocycles. The predicted octanol–water partition coefficient (Wildman–Crippen LogP) is 1.06. The van der Waals surface area contributed by atoms with E-state index in [0.717, 1.165) is 25.9 Å². The minimum absolute atomic E-state index is 0.00641. The third-order valence-electron chi connectivity index (χ3n) is 3.08. The van der Waals surface area contributed by atoms with E-state index < -0.39 is 0 Å². The molecule has 2 saturated heterocycles. The molecule has 2 fully saturated rings. The Morgan fingerprint density at radius 1 is 1.46 bits per heavy atom. The van der Waals surface area contributed by atoms with Gasteiger partial charge in [0.05, 0.1) is 23.9 Å². The molecule has 0 aromatic heterocycles. The molecule has 13 heavy (non-hydrogen) atoms. The zero-order valence-corrected chi connectivity index (χ0v) is 8.51. The van der Waals surface area contributed by atoms with Crippen molar-refractivity contribution in [2.45, 2.75) is 50.4 Å². The molecule has 2 aliphatic rings. The first kappa shape index (κ1) is 9.44. The normalized spacial score (nSPS) is 43.2. The van der Waals surface area contributed by atoms with Crippen molar-refractivity contribution in [3.63, 3.8) is 0 Å². The summed E-state index contributed by atoms with van der Waals surface area (Å²) in [5.74, 6) is 0. The van der Waals surface area contributed by atoms with Crippen LogP contribution in [0.4, 0.5) is 0 Å². The van der Waals surface area contributed by atoms with Crippen LogP contribution in [0, 0.1) is 0 Å². The number of nitrogens with two attached hydrogens (primary N) is 1. The van der Waals surface area contributed by atoms with E-state index in [2.05, 4.69) is 13.8 Å². The SMILES string of the molecule is CC1(C)C[C@@]2(CC[C@H](CN)O2)CO1. The van der Waals surface area contributed by atoms with Gasteiger partial charge in [0.15, 0.2) is 0 Å². The standard InChI is InChI=1S/C10H19NO2/c1-9(2)6-10(7-12-9)4-3-8(5-11)13-10/h8H,3-7,11H2,1-2H3/t8-,10+/m1/s1. The average Bonchev–Trinajstić information content (AvgIpc) is 2.57. The topological polar surface area (TPSA) is 44.5 Å². The fourth-order valence-corrected chi connectivity index (χ4v) is 2.50. The van der Waals surface area contributed by atoms with E-state index >= 15 is 0 Å². The predicted molar refractivity (Wildman–Crippen MR) is 50.5 cm³/mol. The van der Waals surface area contributed by atoms with Gasteiger partial charge in [-0.05, 0) is 26.7 Å². The highest BCUT2D eigenvalue weighted by atomic mass is 16.6. The fraction of sp³-hybridized carbons (Fsp3) is 1.00. The Morgan fingerprint density at radius 2 is 2.23 bits per heavy atom. The van der Waals surface area contributed by atoms with Crippen LogP contribution in [-0.2, 0) is 9.47 Å². The van der Waals surface area contributed by atoms with Crippen molar-refractivity contribution in [2.75, 3.05) is 13.2 Å². The van der Waals surface area contributed by atoms with Crippen molar-refractivity contribution in [3.05, 3.63) is 0 Å². The second-order valence-corrected chi connectivity index (χ2v) is 4.92. The van der Waals surface area contributed by atoms with Crippen LogP contribution in [-0.4, -0.2) is 30.5 Å². The van der Waals surface area contributed by atoms with Crippen LogP contribution in [0.3, 0.4) is 0 Å². The Hall–Kier alpha value is -0.120. The molecule has 0 aliphatic carbocycles. The van der Waals surface area contributed by atoms with E-state index in [1.165, 1.54) is 0 Å². The summed E-state index contributed by atoms with van der Waals surface area (Å²) >= 11 is 0. The molecular weight excluding hydrogens is 166 g/mol. The molecule has 0 bridgehead atoms. The quantitative estimate of drug-likeness (QED) is 0.664. The lowest BCUT2D eigenvalue weighted by atomic mass is 9.91. The molecule has 0 aromatic rings. The molecule has 3 heteroatoms. The Morgan fingerprint density at radius 3 is 2.69 bits per heavy atom. The van der Waals surface area contributed by atoms with Crippen molar-refractivity contribution in [1.82, 2.24) is 0 Å². The monoisotopic (exact) mass is 185 g/mol. The summed E-state index contributed by atoms with van der Waals surface area (Å²) in [6.45, 7) is 5.64. The maximum absolute atomic E-state index is 5.94. The Balaban J connectivity index is 2.01. The van der Waals surface area contributed by atoms with E-state index in [0.29, 0.717) is 6.54 Å². The first-order valence-corrected chi connectivity index (χ1v) is 5.07. The lowest BCUT2D eigenvalue weighted by Gasteiger charge is -2.23. The maximum atomic E-state index is 5.94. The van der Waals surface area contributed by atoms with Crippen LogP contribution in [0.25, 0.3) is 0 Å². The van der Waals surface area contributed by atoms with Crippen molar-refractivity contribution < 1.29 is 9.47 Å². The van der Waals surface area contributed by atoms with Gasteiger partial charge < -0.3 is 15.2 Å². The highest BCUT2D eigenvalue weighted by Gasteiger charge is 2.49. The van der Waals surface area contributed by atoms with E-state index in [1.807, 2.05) is 0 Å². The van der Waals surface area contributed by atoms with Crippen LogP contribution in [0.1, 0.15) is 33.1 Å². The molecule has 2 atom stereocenters. The van der Waals surface area contributed by atoms with Gasteiger partial charge in [-0.15, -0.1) is 0 Å². The molecule has 0 radical (unpaired) electrons. The molecular formula is C10H19NO2. The van der Waals surface area contributed by atoms with E-state index in [-0.39, 0.29) is 17.3 Å².